The number of hydrogen-bond acceptors (Lipinski definition) is 2. The number of benzene rings is 1. The van der Waals surface area contributed by atoms with Crippen LogP contribution in [0, 0.1) is 0 Å². The van der Waals surface area contributed by atoms with Crippen LogP contribution in [0.4, 0.5) is 0 Å². The molecule has 1 aromatic carbocycles. The first-order valence-corrected chi connectivity index (χ1v) is 7.28. The zero-order valence-corrected chi connectivity index (χ0v) is 12.1. The first kappa shape index (κ1) is 15.3. The van der Waals surface area contributed by atoms with E-state index in [-0.39, 0.29) is 5.91 Å². The second-order valence-corrected chi connectivity index (χ2v) is 5.46. The van der Waals surface area contributed by atoms with E-state index in [0.29, 0.717) is 38.8 Å². The van der Waals surface area contributed by atoms with Gasteiger partial charge in [0, 0.05) is 19.5 Å². The fourth-order valence-electron chi connectivity index (χ4n) is 2.90. The second kappa shape index (κ2) is 6.57. The Balaban J connectivity index is 2.10. The lowest BCUT2D eigenvalue weighted by molar-refractivity contribution is -0.148. The van der Waals surface area contributed by atoms with Crippen molar-refractivity contribution in [2.24, 2.45) is 0 Å². The lowest BCUT2D eigenvalue weighted by Crippen LogP contribution is -2.49. The highest BCUT2D eigenvalue weighted by atomic mass is 16.4. The maximum atomic E-state index is 12.0. The van der Waals surface area contributed by atoms with Crippen LogP contribution >= 0.6 is 0 Å². The molecule has 0 aliphatic carbocycles. The maximum absolute atomic E-state index is 12.0. The van der Waals surface area contributed by atoms with Gasteiger partial charge in [-0.3, -0.25) is 9.59 Å². The van der Waals surface area contributed by atoms with E-state index < -0.39 is 11.4 Å². The van der Waals surface area contributed by atoms with Gasteiger partial charge < -0.3 is 10.0 Å². The molecule has 1 N–H and O–H groups in total. The van der Waals surface area contributed by atoms with E-state index in [0.717, 1.165) is 5.56 Å². The van der Waals surface area contributed by atoms with E-state index in [2.05, 4.69) is 6.58 Å². The minimum Gasteiger partial charge on any atom is -0.481 e. The standard InChI is InChI=1S/C17H21NO3/c1-2-3-9-15(19)18-12-10-17(11-13-18,16(20)21)14-7-5-4-6-8-14/h2,4-8H,1,3,9-13H2,(H,20,21). The van der Waals surface area contributed by atoms with Gasteiger partial charge in [0.2, 0.25) is 5.91 Å². The lowest BCUT2D eigenvalue weighted by atomic mass is 9.73. The van der Waals surface area contributed by atoms with Crippen LogP contribution in [0.5, 0.6) is 0 Å². The van der Waals surface area contributed by atoms with Gasteiger partial charge in [-0.05, 0) is 24.8 Å². The van der Waals surface area contributed by atoms with Crippen LogP contribution in [0.25, 0.3) is 0 Å². The van der Waals surface area contributed by atoms with Crippen molar-refractivity contribution in [1.82, 2.24) is 4.90 Å². The fraction of sp³-hybridized carbons (Fsp3) is 0.412. The maximum Gasteiger partial charge on any atom is 0.314 e. The summed E-state index contributed by atoms with van der Waals surface area (Å²) >= 11 is 0. The van der Waals surface area contributed by atoms with Gasteiger partial charge in [-0.15, -0.1) is 6.58 Å². The number of allylic oxidation sites excluding steroid dienone is 1. The Morgan fingerprint density at radius 1 is 1.24 bits per heavy atom. The molecule has 0 radical (unpaired) electrons. The Morgan fingerprint density at radius 2 is 1.86 bits per heavy atom. The van der Waals surface area contributed by atoms with Gasteiger partial charge in [0.25, 0.3) is 0 Å². The monoisotopic (exact) mass is 287 g/mol. The fourth-order valence-corrected chi connectivity index (χ4v) is 2.90. The molecule has 1 aliphatic rings. The average Bonchev–Trinajstić information content (AvgIpc) is 2.53. The van der Waals surface area contributed by atoms with Crippen molar-refractivity contribution >= 4 is 11.9 Å². The summed E-state index contributed by atoms with van der Waals surface area (Å²) in [5, 5.41) is 9.69. The molecule has 0 atom stereocenters. The number of carbonyl (C=O) groups is 2. The van der Waals surface area contributed by atoms with Crippen molar-refractivity contribution in [2.45, 2.75) is 31.1 Å². The third kappa shape index (κ3) is 3.15. The summed E-state index contributed by atoms with van der Waals surface area (Å²) in [6.07, 6.45) is 3.78. The number of aliphatic carboxylic acids is 1. The van der Waals surface area contributed by atoms with E-state index >= 15 is 0 Å². The molecule has 1 amide bonds. The molecule has 112 valence electrons. The van der Waals surface area contributed by atoms with Crippen molar-refractivity contribution in [3.05, 3.63) is 48.6 Å². The number of likely N-dealkylation sites (tertiary alicyclic amines) is 1. The third-order valence-electron chi connectivity index (χ3n) is 4.27. The second-order valence-electron chi connectivity index (χ2n) is 5.46. The van der Waals surface area contributed by atoms with E-state index in [1.165, 1.54) is 0 Å². The molecule has 21 heavy (non-hydrogen) atoms. The van der Waals surface area contributed by atoms with Crippen molar-refractivity contribution in [1.29, 1.82) is 0 Å². The van der Waals surface area contributed by atoms with Crippen molar-refractivity contribution < 1.29 is 14.7 Å². The number of nitrogens with zero attached hydrogens (tertiary/aromatic N) is 1. The summed E-state index contributed by atoms with van der Waals surface area (Å²) < 4.78 is 0. The van der Waals surface area contributed by atoms with Gasteiger partial charge in [0.15, 0.2) is 0 Å². The number of carboxylic acids is 1. The number of carboxylic acid groups (broad SMARTS) is 1. The topological polar surface area (TPSA) is 57.6 Å². The zero-order valence-electron chi connectivity index (χ0n) is 12.1. The minimum atomic E-state index is -0.865. The largest absolute Gasteiger partial charge is 0.481 e. The molecular weight excluding hydrogens is 266 g/mol. The Morgan fingerprint density at radius 3 is 2.38 bits per heavy atom. The Labute approximate surface area is 125 Å². The minimum absolute atomic E-state index is 0.0851. The molecule has 1 aromatic rings. The third-order valence-corrected chi connectivity index (χ3v) is 4.27. The number of amides is 1. The molecule has 4 heteroatoms. The van der Waals surface area contributed by atoms with E-state index in [1.54, 1.807) is 11.0 Å². The molecule has 0 spiro atoms. The van der Waals surface area contributed by atoms with E-state index in [1.807, 2.05) is 30.3 Å². The van der Waals surface area contributed by atoms with Crippen LogP contribution in [0.15, 0.2) is 43.0 Å². The summed E-state index contributed by atoms with van der Waals surface area (Å²) in [7, 11) is 0. The van der Waals surface area contributed by atoms with Gasteiger partial charge in [-0.1, -0.05) is 36.4 Å². The predicted molar refractivity (Wildman–Crippen MR) is 81.0 cm³/mol. The molecule has 0 aromatic heterocycles. The van der Waals surface area contributed by atoms with Crippen LogP contribution in [-0.2, 0) is 15.0 Å². The molecule has 0 unspecified atom stereocenters. The van der Waals surface area contributed by atoms with Gasteiger partial charge in [0.05, 0.1) is 5.41 Å². The number of piperidine rings is 1. The van der Waals surface area contributed by atoms with Crippen LogP contribution in [0.3, 0.4) is 0 Å². The Kier molecular flexibility index (Phi) is 4.78. The predicted octanol–water partition coefficient (Wildman–Crippen LogP) is 2.60. The summed E-state index contributed by atoms with van der Waals surface area (Å²) in [4.78, 5) is 25.6. The molecule has 2 rings (SSSR count). The van der Waals surface area contributed by atoms with Crippen LogP contribution < -0.4 is 0 Å². The molecule has 1 saturated heterocycles. The van der Waals surface area contributed by atoms with Gasteiger partial charge >= 0.3 is 5.97 Å². The summed E-state index contributed by atoms with van der Waals surface area (Å²) in [5.41, 5.74) is -0.0353. The Bertz CT molecular complexity index is 516. The highest BCUT2D eigenvalue weighted by Crippen LogP contribution is 2.36. The smallest absolute Gasteiger partial charge is 0.314 e. The number of carbonyl (C=O) groups excluding carboxylic acids is 1. The van der Waals surface area contributed by atoms with Crippen LogP contribution in [0.1, 0.15) is 31.2 Å². The van der Waals surface area contributed by atoms with Gasteiger partial charge in [-0.25, -0.2) is 0 Å². The highest BCUT2D eigenvalue weighted by Gasteiger charge is 2.43. The van der Waals surface area contributed by atoms with Crippen molar-refractivity contribution in [3.63, 3.8) is 0 Å². The molecule has 4 nitrogen and oxygen atoms in total. The molecule has 0 saturated carbocycles. The molecule has 1 fully saturated rings. The van der Waals surface area contributed by atoms with Crippen LogP contribution in [0.2, 0.25) is 0 Å². The summed E-state index contributed by atoms with van der Waals surface area (Å²) in [5.74, 6) is -0.714. The molecule has 0 bridgehead atoms. The first-order chi connectivity index (χ1) is 10.1. The number of rotatable bonds is 5. The van der Waals surface area contributed by atoms with E-state index in [9.17, 15) is 14.7 Å². The van der Waals surface area contributed by atoms with Gasteiger partial charge in [0.1, 0.15) is 0 Å². The van der Waals surface area contributed by atoms with Crippen molar-refractivity contribution in [2.75, 3.05) is 13.1 Å². The normalized spacial score (nSPS) is 17.2. The zero-order chi connectivity index (χ0) is 15.3. The summed E-state index contributed by atoms with van der Waals surface area (Å²) in [6, 6.07) is 9.34. The van der Waals surface area contributed by atoms with Crippen LogP contribution in [-0.4, -0.2) is 35.0 Å². The first-order valence-electron chi connectivity index (χ1n) is 7.28. The Hall–Kier alpha value is -2.10. The number of hydrogen-bond donors (Lipinski definition) is 1. The lowest BCUT2D eigenvalue weighted by Gasteiger charge is -2.39. The quantitative estimate of drug-likeness (QED) is 0.847. The highest BCUT2D eigenvalue weighted by molar-refractivity contribution is 5.82. The molecule has 1 aliphatic heterocycles. The summed E-state index contributed by atoms with van der Waals surface area (Å²) in [6.45, 7) is 4.61. The van der Waals surface area contributed by atoms with Gasteiger partial charge in [-0.2, -0.15) is 0 Å². The van der Waals surface area contributed by atoms with Crippen molar-refractivity contribution in [3.8, 4) is 0 Å². The average molecular weight is 287 g/mol. The molecular formula is C17H21NO3. The van der Waals surface area contributed by atoms with E-state index in [4.69, 9.17) is 0 Å². The molecule has 1 heterocycles. The SMILES string of the molecule is C=CCCC(=O)N1CCC(C(=O)O)(c2ccccc2)CC1.